The molecule has 0 N–H and O–H groups in total. The molecule has 2 heterocycles. The van der Waals surface area contributed by atoms with Crippen LogP contribution in [0, 0.1) is 0 Å². The Morgan fingerprint density at radius 1 is 0.857 bits per heavy atom. The fourth-order valence-corrected chi connectivity index (χ4v) is 5.28. The number of carbonyl (C=O) groups excluding carboxylic acids is 1. The van der Waals surface area contributed by atoms with Crippen LogP contribution in [0.2, 0.25) is 0 Å². The van der Waals surface area contributed by atoms with Crippen LogP contribution in [0.4, 0.5) is 0 Å². The van der Waals surface area contributed by atoms with Crippen molar-refractivity contribution in [1.29, 1.82) is 0 Å². The highest BCUT2D eigenvalue weighted by molar-refractivity contribution is 5.87. The summed E-state index contributed by atoms with van der Waals surface area (Å²) in [7, 11) is 6.48. The van der Waals surface area contributed by atoms with Gasteiger partial charge in [-0.05, 0) is 60.9 Å². The van der Waals surface area contributed by atoms with Crippen molar-refractivity contribution in [2.45, 2.75) is 50.3 Å². The van der Waals surface area contributed by atoms with Crippen molar-refractivity contribution < 1.29 is 28.5 Å². The summed E-state index contributed by atoms with van der Waals surface area (Å²) < 4.78 is 27.5. The molecule has 0 radical (unpaired) electrons. The van der Waals surface area contributed by atoms with Crippen molar-refractivity contribution in [2.24, 2.45) is 0 Å². The molecule has 0 aliphatic carbocycles. The highest BCUT2D eigenvalue weighted by atomic mass is 16.5. The Morgan fingerprint density at radius 3 is 2.26 bits per heavy atom. The van der Waals surface area contributed by atoms with Crippen LogP contribution in [0.1, 0.15) is 49.3 Å². The van der Waals surface area contributed by atoms with Gasteiger partial charge in [0, 0.05) is 31.0 Å². The van der Waals surface area contributed by atoms with Gasteiger partial charge in [-0.15, -0.1) is 0 Å². The molecule has 188 valence electrons. The predicted molar refractivity (Wildman–Crippen MR) is 134 cm³/mol. The van der Waals surface area contributed by atoms with E-state index in [1.807, 2.05) is 24.3 Å². The zero-order valence-corrected chi connectivity index (χ0v) is 21.0. The van der Waals surface area contributed by atoms with Crippen LogP contribution in [0.15, 0.2) is 42.5 Å². The Labute approximate surface area is 207 Å². The first-order valence-corrected chi connectivity index (χ1v) is 12.1. The topological polar surface area (TPSA) is 66.5 Å². The third kappa shape index (κ3) is 5.73. The maximum absolute atomic E-state index is 12.7. The molecule has 0 saturated carbocycles. The van der Waals surface area contributed by atoms with E-state index in [2.05, 4.69) is 17.0 Å². The van der Waals surface area contributed by atoms with Gasteiger partial charge in [-0.3, -0.25) is 4.90 Å². The monoisotopic (exact) mass is 481 g/mol. The molecule has 4 rings (SSSR count). The third-order valence-electron chi connectivity index (χ3n) is 6.99. The first-order valence-electron chi connectivity index (χ1n) is 12.1. The molecular weight excluding hydrogens is 446 g/mol. The second kappa shape index (κ2) is 11.5. The lowest BCUT2D eigenvalue weighted by Gasteiger charge is -2.47. The number of fused-ring (bicyclic) bond motifs is 1. The van der Waals surface area contributed by atoms with Crippen LogP contribution in [-0.2, 0) is 9.53 Å². The van der Waals surface area contributed by atoms with Crippen LogP contribution < -0.4 is 18.9 Å². The van der Waals surface area contributed by atoms with Gasteiger partial charge in [-0.2, -0.15) is 0 Å². The van der Waals surface area contributed by atoms with Crippen molar-refractivity contribution in [3.8, 4) is 23.0 Å². The van der Waals surface area contributed by atoms with E-state index in [-0.39, 0.29) is 18.1 Å². The Kier molecular flexibility index (Phi) is 8.18. The van der Waals surface area contributed by atoms with E-state index in [1.54, 1.807) is 34.5 Å². The van der Waals surface area contributed by atoms with Crippen LogP contribution in [0.3, 0.4) is 0 Å². The molecule has 2 aromatic carbocycles. The van der Waals surface area contributed by atoms with Gasteiger partial charge in [0.05, 0.1) is 28.4 Å². The number of ether oxygens (including phenoxy) is 5. The number of benzene rings is 2. The predicted octanol–water partition coefficient (Wildman–Crippen LogP) is 5.04. The molecule has 0 amide bonds. The zero-order valence-electron chi connectivity index (χ0n) is 21.0. The lowest BCUT2D eigenvalue weighted by Crippen LogP contribution is -2.49. The average molecular weight is 482 g/mol. The normalized spacial score (nSPS) is 22.3. The van der Waals surface area contributed by atoms with Gasteiger partial charge < -0.3 is 23.7 Å². The van der Waals surface area contributed by atoms with E-state index < -0.39 is 0 Å². The number of nitrogens with zero attached hydrogens (tertiary/aromatic N) is 1. The van der Waals surface area contributed by atoms with Crippen LogP contribution in [0.5, 0.6) is 23.0 Å². The number of methoxy groups -OCH3 is 4. The summed E-state index contributed by atoms with van der Waals surface area (Å²) in [5.41, 5.74) is 2.00. The Bertz CT molecular complexity index is 1050. The van der Waals surface area contributed by atoms with Crippen LogP contribution in [0.25, 0.3) is 6.08 Å². The van der Waals surface area contributed by atoms with Gasteiger partial charge in [0.1, 0.15) is 6.10 Å². The lowest BCUT2D eigenvalue weighted by molar-refractivity contribution is -0.148. The molecule has 0 spiro atoms. The maximum atomic E-state index is 12.7. The van der Waals surface area contributed by atoms with Crippen LogP contribution in [-0.4, -0.2) is 58.0 Å². The van der Waals surface area contributed by atoms with E-state index in [0.717, 1.165) is 42.7 Å². The fourth-order valence-electron chi connectivity index (χ4n) is 5.28. The smallest absolute Gasteiger partial charge is 0.331 e. The molecule has 2 aromatic rings. The van der Waals surface area contributed by atoms with E-state index in [0.29, 0.717) is 23.3 Å². The highest BCUT2D eigenvalue weighted by Crippen LogP contribution is 2.42. The number of carbonyl (C=O) groups is 1. The summed E-state index contributed by atoms with van der Waals surface area (Å²) in [5, 5.41) is 0. The Hall–Kier alpha value is -3.19. The summed E-state index contributed by atoms with van der Waals surface area (Å²) in [6, 6.07) is 12.2. The van der Waals surface area contributed by atoms with Gasteiger partial charge in [0.25, 0.3) is 0 Å². The number of hydrogen-bond acceptors (Lipinski definition) is 7. The van der Waals surface area contributed by atoms with Crippen molar-refractivity contribution in [3.63, 3.8) is 0 Å². The maximum Gasteiger partial charge on any atom is 0.331 e. The molecular formula is C28H35NO6. The molecule has 35 heavy (non-hydrogen) atoms. The van der Waals surface area contributed by atoms with E-state index >= 15 is 0 Å². The molecule has 7 nitrogen and oxygen atoms in total. The molecule has 2 aliphatic rings. The van der Waals surface area contributed by atoms with Gasteiger partial charge in [-0.25, -0.2) is 4.79 Å². The molecule has 0 unspecified atom stereocenters. The molecule has 7 heteroatoms. The van der Waals surface area contributed by atoms with Gasteiger partial charge in [0.2, 0.25) is 0 Å². The van der Waals surface area contributed by atoms with Crippen molar-refractivity contribution in [2.75, 3.05) is 35.0 Å². The second-order valence-corrected chi connectivity index (χ2v) is 9.00. The SMILES string of the molecule is COc1ccc(/C=C/C(=O)O[C@H]2C[C@H]3CCCCN3[C@H](c3ccc(OC)c(OC)c3)C2)cc1OC. The third-order valence-corrected chi connectivity index (χ3v) is 6.99. The molecule has 0 aromatic heterocycles. The molecule has 2 fully saturated rings. The summed E-state index contributed by atoms with van der Waals surface area (Å²) >= 11 is 0. The van der Waals surface area contributed by atoms with Crippen LogP contribution >= 0.6 is 0 Å². The summed E-state index contributed by atoms with van der Waals surface area (Å²) in [6.07, 6.45) is 8.22. The Balaban J connectivity index is 1.48. The van der Waals surface area contributed by atoms with Gasteiger partial charge in [-0.1, -0.05) is 18.6 Å². The summed E-state index contributed by atoms with van der Waals surface area (Å²) in [4.78, 5) is 15.3. The fraction of sp³-hybridized carbons (Fsp3) is 0.464. The quantitative estimate of drug-likeness (QED) is 0.387. The molecule has 0 bridgehead atoms. The van der Waals surface area contributed by atoms with Gasteiger partial charge >= 0.3 is 5.97 Å². The van der Waals surface area contributed by atoms with Crippen molar-refractivity contribution >= 4 is 12.0 Å². The second-order valence-electron chi connectivity index (χ2n) is 9.00. The number of piperidine rings is 2. The minimum atomic E-state index is -0.333. The highest BCUT2D eigenvalue weighted by Gasteiger charge is 2.39. The van der Waals surface area contributed by atoms with Crippen molar-refractivity contribution in [3.05, 3.63) is 53.6 Å². The summed E-state index contributed by atoms with van der Waals surface area (Å²) in [6.45, 7) is 1.06. The van der Waals surface area contributed by atoms with E-state index in [4.69, 9.17) is 23.7 Å². The average Bonchev–Trinajstić information content (AvgIpc) is 2.90. The van der Waals surface area contributed by atoms with E-state index in [9.17, 15) is 4.79 Å². The van der Waals surface area contributed by atoms with Gasteiger partial charge in [0.15, 0.2) is 23.0 Å². The first-order chi connectivity index (χ1) is 17.1. The number of hydrogen-bond donors (Lipinski definition) is 0. The zero-order chi connectivity index (χ0) is 24.8. The molecule has 2 aliphatic heterocycles. The molecule has 2 saturated heterocycles. The number of esters is 1. The summed E-state index contributed by atoms with van der Waals surface area (Å²) in [5.74, 6) is 2.36. The minimum Gasteiger partial charge on any atom is -0.493 e. The van der Waals surface area contributed by atoms with Crippen molar-refractivity contribution in [1.82, 2.24) is 4.90 Å². The number of rotatable bonds is 8. The Morgan fingerprint density at radius 2 is 1.54 bits per heavy atom. The standard InChI is InChI=1S/C28H35NO6/c1-31-24-11-8-19(15-26(24)33-3)9-13-28(30)35-22-17-21-7-5-6-14-29(21)23(18-22)20-10-12-25(32-2)27(16-20)34-4/h8-13,15-16,21-23H,5-7,14,17-18H2,1-4H3/b13-9+/t21-,22+,23+/m1/s1. The largest absolute Gasteiger partial charge is 0.493 e. The molecule has 3 atom stereocenters. The lowest BCUT2D eigenvalue weighted by atomic mass is 9.84. The minimum absolute atomic E-state index is 0.144. The van der Waals surface area contributed by atoms with E-state index in [1.165, 1.54) is 18.9 Å². The first kappa shape index (κ1) is 24.9.